The first-order chi connectivity index (χ1) is 12.4. The Balaban J connectivity index is 1.80. The van der Waals surface area contributed by atoms with Crippen LogP contribution in [0, 0.1) is 0 Å². The Kier molecular flexibility index (Phi) is 5.64. The normalized spacial score (nSPS) is 17.4. The fourth-order valence-corrected chi connectivity index (χ4v) is 3.81. The molecule has 2 atom stereocenters. The van der Waals surface area contributed by atoms with Gasteiger partial charge in [-0.05, 0) is 44.8 Å². The lowest BCUT2D eigenvalue weighted by atomic mass is 10.1. The average molecular weight is 369 g/mol. The highest BCUT2D eigenvalue weighted by Gasteiger charge is 2.24. The summed E-state index contributed by atoms with van der Waals surface area (Å²) >= 11 is 1.51. The van der Waals surface area contributed by atoms with Gasteiger partial charge in [-0.3, -0.25) is 9.59 Å². The van der Waals surface area contributed by atoms with E-state index >= 15 is 0 Å². The van der Waals surface area contributed by atoms with E-state index in [0.717, 1.165) is 10.5 Å². The summed E-state index contributed by atoms with van der Waals surface area (Å²) < 4.78 is 0. The maximum atomic E-state index is 12.8. The van der Waals surface area contributed by atoms with Crippen molar-refractivity contribution in [1.29, 1.82) is 0 Å². The zero-order valence-electron chi connectivity index (χ0n) is 15.2. The summed E-state index contributed by atoms with van der Waals surface area (Å²) in [4.78, 5) is 27.7. The standard InChI is InChI=1S/C20H23N3O2S/c1-13-19(24)21-16-11-15(9-10-18(16)26-13)20(25)22-17(12-23(2)3)14-7-5-4-6-8-14/h4-11,13,17H,12H2,1-3H3,(H,21,24)(H,22,25). The maximum absolute atomic E-state index is 12.8. The van der Waals surface area contributed by atoms with Crippen LogP contribution in [0.15, 0.2) is 53.4 Å². The van der Waals surface area contributed by atoms with Crippen LogP contribution in [0.2, 0.25) is 0 Å². The monoisotopic (exact) mass is 369 g/mol. The number of anilines is 1. The van der Waals surface area contributed by atoms with Gasteiger partial charge in [0.05, 0.1) is 17.0 Å². The summed E-state index contributed by atoms with van der Waals surface area (Å²) in [5, 5.41) is 5.86. The number of hydrogen-bond acceptors (Lipinski definition) is 4. The van der Waals surface area contributed by atoms with Gasteiger partial charge >= 0.3 is 0 Å². The Morgan fingerprint density at radius 2 is 1.96 bits per heavy atom. The molecule has 0 bridgehead atoms. The van der Waals surface area contributed by atoms with Gasteiger partial charge in [-0.1, -0.05) is 30.3 Å². The SMILES string of the molecule is CC1Sc2ccc(C(=O)NC(CN(C)C)c3ccccc3)cc2NC1=O. The molecule has 0 aromatic heterocycles. The van der Waals surface area contributed by atoms with Gasteiger partial charge in [0.1, 0.15) is 0 Å². The van der Waals surface area contributed by atoms with Crippen LogP contribution in [-0.2, 0) is 4.79 Å². The minimum atomic E-state index is -0.152. The Morgan fingerprint density at radius 1 is 1.23 bits per heavy atom. The highest BCUT2D eigenvalue weighted by molar-refractivity contribution is 8.00. The van der Waals surface area contributed by atoms with E-state index in [-0.39, 0.29) is 23.1 Å². The summed E-state index contributed by atoms with van der Waals surface area (Å²) in [6.07, 6.45) is 0. The number of benzene rings is 2. The number of fused-ring (bicyclic) bond motifs is 1. The minimum Gasteiger partial charge on any atom is -0.344 e. The Morgan fingerprint density at radius 3 is 2.65 bits per heavy atom. The number of likely N-dealkylation sites (N-methyl/N-ethyl adjacent to an activating group) is 1. The van der Waals surface area contributed by atoms with Crippen LogP contribution in [0.3, 0.4) is 0 Å². The summed E-state index contributed by atoms with van der Waals surface area (Å²) in [5.74, 6) is -0.184. The number of nitrogens with zero attached hydrogens (tertiary/aromatic N) is 1. The molecule has 1 heterocycles. The highest BCUT2D eigenvalue weighted by Crippen LogP contribution is 2.36. The average Bonchev–Trinajstić information content (AvgIpc) is 2.62. The molecular weight excluding hydrogens is 346 g/mol. The van der Waals surface area contributed by atoms with E-state index in [1.54, 1.807) is 6.07 Å². The predicted octanol–water partition coefficient (Wildman–Crippen LogP) is 3.15. The molecule has 0 saturated carbocycles. The van der Waals surface area contributed by atoms with E-state index in [1.165, 1.54) is 11.8 Å². The highest BCUT2D eigenvalue weighted by atomic mass is 32.2. The topological polar surface area (TPSA) is 61.4 Å². The molecule has 26 heavy (non-hydrogen) atoms. The van der Waals surface area contributed by atoms with Gasteiger partial charge in [0.2, 0.25) is 5.91 Å². The van der Waals surface area contributed by atoms with Crippen molar-refractivity contribution in [2.24, 2.45) is 0 Å². The van der Waals surface area contributed by atoms with Gasteiger partial charge in [-0.15, -0.1) is 11.8 Å². The Bertz CT molecular complexity index is 808. The first-order valence-electron chi connectivity index (χ1n) is 8.56. The van der Waals surface area contributed by atoms with Crippen molar-refractivity contribution in [1.82, 2.24) is 10.2 Å². The lowest BCUT2D eigenvalue weighted by Crippen LogP contribution is -2.35. The number of carbonyl (C=O) groups is 2. The first-order valence-corrected chi connectivity index (χ1v) is 9.44. The maximum Gasteiger partial charge on any atom is 0.251 e. The molecule has 2 unspecified atom stereocenters. The van der Waals surface area contributed by atoms with Crippen molar-refractivity contribution in [2.75, 3.05) is 26.0 Å². The fourth-order valence-electron chi connectivity index (χ4n) is 2.88. The third kappa shape index (κ3) is 4.26. The quantitative estimate of drug-likeness (QED) is 0.850. The molecule has 3 rings (SSSR count). The molecule has 2 amide bonds. The third-order valence-corrected chi connectivity index (χ3v) is 5.41. The first kappa shape index (κ1) is 18.5. The number of thioether (sulfide) groups is 1. The van der Waals surface area contributed by atoms with E-state index in [2.05, 4.69) is 10.6 Å². The molecule has 0 saturated heterocycles. The lowest BCUT2D eigenvalue weighted by Gasteiger charge is -2.24. The lowest BCUT2D eigenvalue weighted by molar-refractivity contribution is -0.115. The molecule has 2 aromatic carbocycles. The van der Waals surface area contributed by atoms with E-state index < -0.39 is 0 Å². The van der Waals surface area contributed by atoms with Crippen molar-refractivity contribution >= 4 is 29.3 Å². The van der Waals surface area contributed by atoms with Crippen LogP contribution in [0.4, 0.5) is 5.69 Å². The Hall–Kier alpha value is -2.31. The molecule has 6 heteroatoms. The molecule has 0 radical (unpaired) electrons. The zero-order valence-corrected chi connectivity index (χ0v) is 16.0. The Labute approximate surface area is 158 Å². The van der Waals surface area contributed by atoms with Gasteiger partial charge in [-0.25, -0.2) is 0 Å². The van der Waals surface area contributed by atoms with E-state index in [4.69, 9.17) is 0 Å². The molecule has 0 spiro atoms. The molecule has 2 N–H and O–H groups in total. The summed E-state index contributed by atoms with van der Waals surface area (Å²) in [7, 11) is 3.96. The molecule has 0 aliphatic carbocycles. The van der Waals surface area contributed by atoms with Crippen LogP contribution < -0.4 is 10.6 Å². The van der Waals surface area contributed by atoms with Crippen molar-refractivity contribution < 1.29 is 9.59 Å². The second kappa shape index (κ2) is 7.93. The molecule has 1 aliphatic rings. The molecule has 1 aliphatic heterocycles. The number of nitrogens with one attached hydrogen (secondary N) is 2. The van der Waals surface area contributed by atoms with Gasteiger partial charge < -0.3 is 15.5 Å². The van der Waals surface area contributed by atoms with Crippen molar-refractivity contribution in [3.63, 3.8) is 0 Å². The van der Waals surface area contributed by atoms with Crippen LogP contribution >= 0.6 is 11.8 Å². The second-order valence-corrected chi connectivity index (χ2v) is 8.04. The molecule has 5 nitrogen and oxygen atoms in total. The van der Waals surface area contributed by atoms with Gasteiger partial charge in [0, 0.05) is 17.0 Å². The number of hydrogen-bond donors (Lipinski definition) is 2. The molecular formula is C20H23N3O2S. The summed E-state index contributed by atoms with van der Waals surface area (Å²) in [5.41, 5.74) is 2.30. The fraction of sp³-hybridized carbons (Fsp3) is 0.300. The summed E-state index contributed by atoms with van der Waals surface area (Å²) in [6, 6.07) is 15.3. The van der Waals surface area contributed by atoms with E-state index in [9.17, 15) is 9.59 Å². The zero-order chi connectivity index (χ0) is 18.7. The minimum absolute atomic E-state index is 0.0326. The van der Waals surface area contributed by atoms with Crippen molar-refractivity contribution in [3.05, 3.63) is 59.7 Å². The largest absolute Gasteiger partial charge is 0.344 e. The van der Waals surface area contributed by atoms with Crippen LogP contribution in [0.1, 0.15) is 28.9 Å². The van der Waals surface area contributed by atoms with Gasteiger partial charge in [0.25, 0.3) is 5.91 Å². The smallest absolute Gasteiger partial charge is 0.251 e. The molecule has 0 fully saturated rings. The van der Waals surface area contributed by atoms with Gasteiger partial charge in [0.15, 0.2) is 0 Å². The predicted molar refractivity (Wildman–Crippen MR) is 106 cm³/mol. The van der Waals surface area contributed by atoms with Crippen LogP contribution in [0.25, 0.3) is 0 Å². The third-order valence-electron chi connectivity index (χ3n) is 4.23. The molecule has 136 valence electrons. The van der Waals surface area contributed by atoms with Crippen molar-refractivity contribution in [3.8, 4) is 0 Å². The summed E-state index contributed by atoms with van der Waals surface area (Å²) in [6.45, 7) is 2.57. The number of amides is 2. The number of carbonyl (C=O) groups excluding carboxylic acids is 2. The van der Waals surface area contributed by atoms with Crippen molar-refractivity contribution in [2.45, 2.75) is 23.1 Å². The van der Waals surface area contributed by atoms with Crippen LogP contribution in [-0.4, -0.2) is 42.6 Å². The number of rotatable bonds is 5. The molecule has 2 aromatic rings. The second-order valence-electron chi connectivity index (χ2n) is 6.66. The van der Waals surface area contributed by atoms with Gasteiger partial charge in [-0.2, -0.15) is 0 Å². The van der Waals surface area contributed by atoms with E-state index in [1.807, 2.05) is 68.4 Å². The van der Waals surface area contributed by atoms with E-state index in [0.29, 0.717) is 17.8 Å². The van der Waals surface area contributed by atoms with Crippen LogP contribution in [0.5, 0.6) is 0 Å².